The number of halogens is 3. The summed E-state index contributed by atoms with van der Waals surface area (Å²) in [5.74, 6) is -0.244. The van der Waals surface area contributed by atoms with E-state index in [0.717, 1.165) is 16.0 Å². The van der Waals surface area contributed by atoms with Crippen LogP contribution in [0.25, 0.3) is 0 Å². The average Bonchev–Trinajstić information content (AvgIpc) is 2.73. The SMILES string of the molecule is Cc1ccsc1[C@@H](N)c1ccc(OC(F)(F)F)cc1. The van der Waals surface area contributed by atoms with Crippen molar-refractivity contribution in [1.29, 1.82) is 0 Å². The second kappa shape index (κ2) is 5.22. The van der Waals surface area contributed by atoms with Crippen LogP contribution in [0.5, 0.6) is 5.75 Å². The topological polar surface area (TPSA) is 35.2 Å². The smallest absolute Gasteiger partial charge is 0.406 e. The number of alkyl halides is 3. The van der Waals surface area contributed by atoms with Gasteiger partial charge in [0.1, 0.15) is 5.75 Å². The molecule has 2 N–H and O–H groups in total. The average molecular weight is 287 g/mol. The van der Waals surface area contributed by atoms with Crippen molar-refractivity contribution in [2.45, 2.75) is 19.3 Å². The van der Waals surface area contributed by atoms with Crippen LogP contribution in [0.15, 0.2) is 35.7 Å². The van der Waals surface area contributed by atoms with Crippen LogP contribution in [0.3, 0.4) is 0 Å². The predicted molar refractivity (Wildman–Crippen MR) is 68.2 cm³/mol. The molecule has 2 nitrogen and oxygen atoms in total. The van der Waals surface area contributed by atoms with Crippen LogP contribution in [0.2, 0.25) is 0 Å². The van der Waals surface area contributed by atoms with E-state index in [-0.39, 0.29) is 11.8 Å². The van der Waals surface area contributed by atoms with Gasteiger partial charge in [0, 0.05) is 4.88 Å². The molecule has 1 atom stereocenters. The molecular weight excluding hydrogens is 275 g/mol. The quantitative estimate of drug-likeness (QED) is 0.926. The highest BCUT2D eigenvalue weighted by molar-refractivity contribution is 7.10. The van der Waals surface area contributed by atoms with E-state index < -0.39 is 6.36 Å². The molecule has 0 aliphatic rings. The van der Waals surface area contributed by atoms with Gasteiger partial charge in [0.2, 0.25) is 0 Å². The van der Waals surface area contributed by atoms with Crippen molar-refractivity contribution >= 4 is 11.3 Å². The summed E-state index contributed by atoms with van der Waals surface area (Å²) < 4.78 is 39.9. The molecule has 0 radical (unpaired) electrons. The summed E-state index contributed by atoms with van der Waals surface area (Å²) in [5.41, 5.74) is 7.91. The summed E-state index contributed by atoms with van der Waals surface area (Å²) in [6, 6.07) is 7.26. The Bertz CT molecular complexity index is 548. The maximum Gasteiger partial charge on any atom is 0.573 e. The van der Waals surface area contributed by atoms with E-state index in [9.17, 15) is 13.2 Å². The van der Waals surface area contributed by atoms with Crippen molar-refractivity contribution in [2.24, 2.45) is 5.73 Å². The number of benzene rings is 1. The molecule has 0 unspecified atom stereocenters. The van der Waals surface area contributed by atoms with Crippen LogP contribution in [0, 0.1) is 6.92 Å². The lowest BCUT2D eigenvalue weighted by molar-refractivity contribution is -0.274. The number of aryl methyl sites for hydroxylation is 1. The minimum atomic E-state index is -4.67. The molecule has 0 fully saturated rings. The molecule has 6 heteroatoms. The van der Waals surface area contributed by atoms with Gasteiger partial charge in [-0.05, 0) is 41.6 Å². The van der Waals surface area contributed by atoms with Crippen molar-refractivity contribution in [3.05, 3.63) is 51.7 Å². The molecule has 0 bridgehead atoms. The number of rotatable bonds is 3. The zero-order valence-electron chi connectivity index (χ0n) is 10.1. The van der Waals surface area contributed by atoms with Gasteiger partial charge in [-0.1, -0.05) is 12.1 Å². The maximum absolute atomic E-state index is 12.0. The third-order valence-electron chi connectivity index (χ3n) is 2.66. The number of thiophene rings is 1. The molecule has 19 heavy (non-hydrogen) atoms. The molecule has 0 amide bonds. The van der Waals surface area contributed by atoms with Crippen LogP contribution >= 0.6 is 11.3 Å². The fourth-order valence-corrected chi connectivity index (χ4v) is 2.69. The van der Waals surface area contributed by atoms with E-state index in [1.54, 1.807) is 12.1 Å². The van der Waals surface area contributed by atoms with E-state index >= 15 is 0 Å². The van der Waals surface area contributed by atoms with Crippen LogP contribution in [0.4, 0.5) is 13.2 Å². The van der Waals surface area contributed by atoms with Crippen LogP contribution < -0.4 is 10.5 Å². The molecule has 0 saturated heterocycles. The molecule has 1 aromatic heterocycles. The van der Waals surface area contributed by atoms with Gasteiger partial charge in [-0.2, -0.15) is 0 Å². The first-order valence-corrected chi connectivity index (χ1v) is 6.40. The van der Waals surface area contributed by atoms with Gasteiger partial charge in [-0.25, -0.2) is 0 Å². The van der Waals surface area contributed by atoms with E-state index in [4.69, 9.17) is 5.73 Å². The first kappa shape index (κ1) is 13.9. The summed E-state index contributed by atoms with van der Waals surface area (Å²) in [6.45, 7) is 1.95. The van der Waals surface area contributed by atoms with Gasteiger partial charge in [0.25, 0.3) is 0 Å². The lowest BCUT2D eigenvalue weighted by atomic mass is 10.0. The monoisotopic (exact) mass is 287 g/mol. The normalized spacial score (nSPS) is 13.3. The van der Waals surface area contributed by atoms with E-state index in [0.29, 0.717) is 0 Å². The molecule has 0 aliphatic heterocycles. The van der Waals surface area contributed by atoms with Crippen LogP contribution in [0.1, 0.15) is 22.0 Å². The molecule has 0 spiro atoms. The van der Waals surface area contributed by atoms with Gasteiger partial charge < -0.3 is 10.5 Å². The fraction of sp³-hybridized carbons (Fsp3) is 0.231. The van der Waals surface area contributed by atoms with E-state index in [2.05, 4.69) is 4.74 Å². The standard InChI is InChI=1S/C13H12F3NOS/c1-8-6-7-19-12(8)11(17)9-2-4-10(5-3-9)18-13(14,15)16/h2-7,11H,17H2,1H3/t11-/m0/s1. The molecule has 1 aromatic carbocycles. The van der Waals surface area contributed by atoms with Gasteiger partial charge in [-0.3, -0.25) is 0 Å². The van der Waals surface area contributed by atoms with Crippen molar-refractivity contribution in [2.75, 3.05) is 0 Å². The third kappa shape index (κ3) is 3.48. The third-order valence-corrected chi connectivity index (χ3v) is 3.76. The summed E-state index contributed by atoms with van der Waals surface area (Å²) in [4.78, 5) is 1.00. The first-order valence-electron chi connectivity index (χ1n) is 5.52. The minimum Gasteiger partial charge on any atom is -0.406 e. The highest BCUT2D eigenvalue weighted by atomic mass is 32.1. The van der Waals surface area contributed by atoms with Gasteiger partial charge in [0.05, 0.1) is 6.04 Å². The number of nitrogens with two attached hydrogens (primary N) is 1. The highest BCUT2D eigenvalue weighted by Crippen LogP contribution is 2.29. The van der Waals surface area contributed by atoms with Gasteiger partial charge >= 0.3 is 6.36 Å². The number of ether oxygens (including phenoxy) is 1. The van der Waals surface area contributed by atoms with Crippen molar-refractivity contribution in [3.8, 4) is 5.75 Å². The fourth-order valence-electron chi connectivity index (χ4n) is 1.73. The van der Waals surface area contributed by atoms with E-state index in [1.165, 1.54) is 23.5 Å². The highest BCUT2D eigenvalue weighted by Gasteiger charge is 2.31. The summed E-state index contributed by atoms with van der Waals surface area (Å²) in [6.07, 6.45) is -4.67. The van der Waals surface area contributed by atoms with Gasteiger partial charge in [-0.15, -0.1) is 24.5 Å². The van der Waals surface area contributed by atoms with Crippen molar-refractivity contribution in [1.82, 2.24) is 0 Å². The minimum absolute atomic E-state index is 0.244. The van der Waals surface area contributed by atoms with Gasteiger partial charge in [0.15, 0.2) is 0 Å². The Morgan fingerprint density at radius 3 is 2.26 bits per heavy atom. The summed E-state index contributed by atoms with van der Waals surface area (Å²) in [5, 5.41) is 1.94. The maximum atomic E-state index is 12.0. The zero-order chi connectivity index (χ0) is 14.0. The Balaban J connectivity index is 2.17. The molecule has 2 aromatic rings. The lowest BCUT2D eigenvalue weighted by Gasteiger charge is -2.13. The molecule has 1 heterocycles. The molecular formula is C13H12F3NOS. The number of hydrogen-bond donors (Lipinski definition) is 1. The van der Waals surface area contributed by atoms with Crippen LogP contribution in [-0.2, 0) is 0 Å². The second-order valence-electron chi connectivity index (χ2n) is 4.06. The van der Waals surface area contributed by atoms with Crippen molar-refractivity contribution in [3.63, 3.8) is 0 Å². The predicted octanol–water partition coefficient (Wildman–Crippen LogP) is 4.00. The van der Waals surface area contributed by atoms with Crippen molar-refractivity contribution < 1.29 is 17.9 Å². The first-order chi connectivity index (χ1) is 8.87. The summed E-state index contributed by atoms with van der Waals surface area (Å²) in [7, 11) is 0. The molecule has 0 saturated carbocycles. The Hall–Kier alpha value is -1.53. The Morgan fingerprint density at radius 1 is 1.16 bits per heavy atom. The largest absolute Gasteiger partial charge is 0.573 e. The lowest BCUT2D eigenvalue weighted by Crippen LogP contribution is -2.17. The molecule has 2 rings (SSSR count). The molecule has 0 aliphatic carbocycles. The van der Waals surface area contributed by atoms with Crippen LogP contribution in [-0.4, -0.2) is 6.36 Å². The zero-order valence-corrected chi connectivity index (χ0v) is 10.9. The van der Waals surface area contributed by atoms with E-state index in [1.807, 2.05) is 18.4 Å². The number of hydrogen-bond acceptors (Lipinski definition) is 3. The Morgan fingerprint density at radius 2 is 1.79 bits per heavy atom. The second-order valence-corrected chi connectivity index (χ2v) is 5.01. The Labute approximate surface area is 112 Å². The Kier molecular flexibility index (Phi) is 3.82. The summed E-state index contributed by atoms with van der Waals surface area (Å²) >= 11 is 1.53. The molecule has 102 valence electrons.